The van der Waals surface area contributed by atoms with Gasteiger partial charge in [-0.2, -0.15) is 42.5 Å². The molecule has 0 atom stereocenters. The maximum atomic E-state index is 2.99. The van der Waals surface area contributed by atoms with Crippen molar-refractivity contribution in [3.8, 4) is 0 Å². The zero-order chi connectivity index (χ0) is 7.78. The van der Waals surface area contributed by atoms with Crippen molar-refractivity contribution in [2.45, 2.75) is 6.42 Å². The number of allylic oxidation sites excluding steroid dienone is 4. The smallest absolute Gasteiger partial charge is 0.358 e. The largest absolute Gasteiger partial charge is 4.00 e. The van der Waals surface area contributed by atoms with E-state index in [9.17, 15) is 0 Å². The summed E-state index contributed by atoms with van der Waals surface area (Å²) in [4.78, 5) is 0. The van der Waals surface area contributed by atoms with E-state index >= 15 is 0 Å². The normalized spacial score (nSPS) is 9.71. The Morgan fingerprint density at radius 3 is 1.71 bits per heavy atom. The van der Waals surface area contributed by atoms with E-state index in [0.717, 1.165) is 6.42 Å². The molecule has 14 heavy (non-hydrogen) atoms. The van der Waals surface area contributed by atoms with E-state index in [-0.39, 0.29) is 33.4 Å². The second-order valence-electron chi connectivity index (χ2n) is 2.08. The maximum Gasteiger partial charge on any atom is 4.00 e. The summed E-state index contributed by atoms with van der Waals surface area (Å²) in [5.74, 6) is 0. The van der Waals surface area contributed by atoms with Gasteiger partial charge in [0.2, 0.25) is 0 Å². The topological polar surface area (TPSA) is 0 Å². The summed E-state index contributed by atoms with van der Waals surface area (Å²) in [6.45, 7) is 0. The molecule has 1 aliphatic rings. The van der Waals surface area contributed by atoms with E-state index in [2.05, 4.69) is 18.2 Å². The van der Waals surface area contributed by atoms with Crippen molar-refractivity contribution in [3.05, 3.63) is 75.6 Å². The molecule has 1 aliphatic carbocycles. The summed E-state index contributed by atoms with van der Waals surface area (Å²) in [6.07, 6.45) is 10.0. The fraction of sp³-hybridized carbons (Fsp3) is 0.0769. The molecular weight excluding hydrogens is 207 g/mol. The Bertz CT molecular complexity index is 188. The average Bonchev–Trinajstić information content (AvgIpc) is 2.64. The Morgan fingerprint density at radius 1 is 0.929 bits per heavy atom. The van der Waals surface area contributed by atoms with Gasteiger partial charge in [-0.3, -0.25) is 6.08 Å². The van der Waals surface area contributed by atoms with E-state index in [0.29, 0.717) is 0 Å². The molecule has 1 radical (unpaired) electrons. The average molecular weight is 223 g/mol. The Hall–Kier alpha value is -0.716. The first-order valence-electron chi connectivity index (χ1n) is 3.63. The van der Waals surface area contributed by atoms with Crippen LogP contribution in [-0.2, 0) is 18.6 Å². The molecular formula is C13H16V. The summed E-state index contributed by atoms with van der Waals surface area (Å²) in [7, 11) is 0. The van der Waals surface area contributed by atoms with Gasteiger partial charge >= 0.3 is 18.6 Å². The third kappa shape index (κ3) is 11.3. The minimum absolute atomic E-state index is 0. The molecule has 0 heterocycles. The molecule has 0 N–H and O–H groups in total. The van der Waals surface area contributed by atoms with Crippen LogP contribution in [0.2, 0.25) is 0 Å². The van der Waals surface area contributed by atoms with Gasteiger partial charge in [-0.15, -0.1) is 6.42 Å². The second-order valence-corrected chi connectivity index (χ2v) is 2.08. The van der Waals surface area contributed by atoms with Crippen molar-refractivity contribution in [1.29, 1.82) is 0 Å². The van der Waals surface area contributed by atoms with Gasteiger partial charge in [0.15, 0.2) is 0 Å². The number of hydrogen-bond donors (Lipinski definition) is 0. The SMILES string of the molecule is [C-]1=CC=CC1.[CH3-].[CH3-].[V+4].[c-]1ccccc1. The van der Waals surface area contributed by atoms with Gasteiger partial charge in [0.25, 0.3) is 0 Å². The van der Waals surface area contributed by atoms with Crippen LogP contribution in [0.3, 0.4) is 0 Å². The monoisotopic (exact) mass is 223 g/mol. The van der Waals surface area contributed by atoms with Crippen LogP contribution in [0.4, 0.5) is 0 Å². The molecule has 1 aromatic rings. The van der Waals surface area contributed by atoms with Crippen molar-refractivity contribution >= 4 is 0 Å². The molecule has 0 unspecified atom stereocenters. The first-order valence-corrected chi connectivity index (χ1v) is 3.63. The van der Waals surface area contributed by atoms with E-state index in [1.165, 1.54) is 0 Å². The summed E-state index contributed by atoms with van der Waals surface area (Å²) >= 11 is 0. The van der Waals surface area contributed by atoms with Crippen LogP contribution in [0.25, 0.3) is 0 Å². The maximum absolute atomic E-state index is 2.99. The van der Waals surface area contributed by atoms with Crippen LogP contribution in [-0.4, -0.2) is 0 Å². The quantitative estimate of drug-likeness (QED) is 0.588. The molecule has 0 saturated heterocycles. The summed E-state index contributed by atoms with van der Waals surface area (Å²) < 4.78 is 0. The predicted octanol–water partition coefficient (Wildman–Crippen LogP) is 3.69. The van der Waals surface area contributed by atoms with Gasteiger partial charge in [0.1, 0.15) is 0 Å². The predicted molar refractivity (Wildman–Crippen MR) is 59.7 cm³/mol. The molecule has 2 rings (SSSR count). The van der Waals surface area contributed by atoms with Crippen molar-refractivity contribution in [2.75, 3.05) is 0 Å². The van der Waals surface area contributed by atoms with E-state index < -0.39 is 0 Å². The molecule has 1 aromatic carbocycles. The third-order valence-electron chi connectivity index (χ3n) is 1.19. The first kappa shape index (κ1) is 19.0. The number of benzene rings is 1. The minimum atomic E-state index is 0. The van der Waals surface area contributed by atoms with Gasteiger partial charge in [-0.1, -0.05) is 0 Å². The van der Waals surface area contributed by atoms with Gasteiger partial charge in [0.05, 0.1) is 0 Å². The molecule has 0 amide bonds. The van der Waals surface area contributed by atoms with Crippen LogP contribution >= 0.6 is 0 Å². The van der Waals surface area contributed by atoms with Crippen molar-refractivity contribution < 1.29 is 18.6 Å². The molecule has 0 aliphatic heterocycles. The van der Waals surface area contributed by atoms with Crippen molar-refractivity contribution in [3.63, 3.8) is 0 Å². The molecule has 73 valence electrons. The molecule has 0 aromatic heterocycles. The molecule has 0 bridgehead atoms. The molecule has 0 fully saturated rings. The van der Waals surface area contributed by atoms with E-state index in [1.807, 2.05) is 42.5 Å². The summed E-state index contributed by atoms with van der Waals surface area (Å²) in [6, 6.07) is 12.5. The molecule has 0 nitrogen and oxygen atoms in total. The van der Waals surface area contributed by atoms with Crippen LogP contribution in [0.5, 0.6) is 0 Å². The Morgan fingerprint density at radius 2 is 1.57 bits per heavy atom. The zero-order valence-electron chi connectivity index (χ0n) is 8.77. The fourth-order valence-corrected chi connectivity index (χ4v) is 0.682. The Labute approximate surface area is 101 Å². The molecule has 0 spiro atoms. The van der Waals surface area contributed by atoms with E-state index in [1.54, 1.807) is 0 Å². The van der Waals surface area contributed by atoms with Crippen LogP contribution in [0, 0.1) is 27.0 Å². The van der Waals surface area contributed by atoms with Crippen molar-refractivity contribution in [1.82, 2.24) is 0 Å². The van der Waals surface area contributed by atoms with Crippen LogP contribution in [0.1, 0.15) is 6.42 Å². The van der Waals surface area contributed by atoms with Gasteiger partial charge in [-0.25, -0.2) is 12.2 Å². The summed E-state index contributed by atoms with van der Waals surface area (Å²) in [5, 5.41) is 0. The Kier molecular flexibility index (Phi) is 20.0. The van der Waals surface area contributed by atoms with Gasteiger partial charge in [-0.05, 0) is 0 Å². The fourth-order valence-electron chi connectivity index (χ4n) is 0.682. The minimum Gasteiger partial charge on any atom is -0.358 e. The zero-order valence-corrected chi connectivity index (χ0v) is 10.2. The standard InChI is InChI=1S/C6H5.C5H5.2CH3.V/c1-2-4-6-5-3-1;1-2-4-5-3-1;;;/h1-5H;1-3H,4H2;2*1H3;/q4*-1;+4. The third-order valence-corrected chi connectivity index (χ3v) is 1.19. The van der Waals surface area contributed by atoms with Crippen LogP contribution < -0.4 is 0 Å². The second kappa shape index (κ2) is 14.8. The van der Waals surface area contributed by atoms with Gasteiger partial charge in [0, 0.05) is 0 Å². The first-order chi connectivity index (χ1) is 5.50. The molecule has 1 heteroatoms. The number of hydrogen-bond acceptors (Lipinski definition) is 0. The van der Waals surface area contributed by atoms with E-state index in [4.69, 9.17) is 0 Å². The van der Waals surface area contributed by atoms with Gasteiger partial charge < -0.3 is 14.9 Å². The Balaban J connectivity index is -0.000000144. The van der Waals surface area contributed by atoms with Crippen LogP contribution in [0.15, 0.2) is 48.6 Å². The summed E-state index contributed by atoms with van der Waals surface area (Å²) in [5.41, 5.74) is 0. The van der Waals surface area contributed by atoms with Crippen molar-refractivity contribution in [2.24, 2.45) is 0 Å². The molecule has 0 saturated carbocycles. The number of rotatable bonds is 0.